The zero-order valence-electron chi connectivity index (χ0n) is 15.5. The SMILES string of the molecule is CN1C(=O)C(NC(=O)c2ncn(Cc3ccccc3)n2)CCCn2nccc21.[HH]. The summed E-state index contributed by atoms with van der Waals surface area (Å²) in [6, 6.07) is 11.0. The molecular formula is C19H23N7O2. The number of anilines is 1. The Morgan fingerprint density at radius 2 is 2.11 bits per heavy atom. The van der Waals surface area contributed by atoms with E-state index >= 15 is 0 Å². The predicted octanol–water partition coefficient (Wildman–Crippen LogP) is 1.32. The van der Waals surface area contributed by atoms with Gasteiger partial charge in [-0.1, -0.05) is 30.3 Å². The first-order chi connectivity index (χ1) is 13.6. The minimum atomic E-state index is -0.623. The Kier molecular flexibility index (Phi) is 4.88. The molecule has 1 aromatic carbocycles. The van der Waals surface area contributed by atoms with Gasteiger partial charge in [-0.25, -0.2) is 14.3 Å². The minimum Gasteiger partial charge on any atom is -0.337 e. The topological polar surface area (TPSA) is 97.9 Å². The number of rotatable bonds is 4. The maximum absolute atomic E-state index is 12.8. The Balaban J connectivity index is 0.00000240. The van der Waals surface area contributed by atoms with Gasteiger partial charge in [-0.05, 0) is 18.4 Å². The van der Waals surface area contributed by atoms with Crippen molar-refractivity contribution in [1.29, 1.82) is 0 Å². The van der Waals surface area contributed by atoms with Gasteiger partial charge in [0.2, 0.25) is 11.7 Å². The summed E-state index contributed by atoms with van der Waals surface area (Å²) in [6.07, 6.45) is 4.45. The molecule has 1 atom stereocenters. The highest BCUT2D eigenvalue weighted by atomic mass is 16.2. The fourth-order valence-electron chi connectivity index (χ4n) is 3.30. The highest BCUT2D eigenvalue weighted by Gasteiger charge is 2.29. The van der Waals surface area contributed by atoms with Crippen molar-refractivity contribution in [2.45, 2.75) is 32.0 Å². The molecule has 1 N–H and O–H groups in total. The average Bonchev–Trinajstić information content (AvgIpc) is 3.35. The van der Waals surface area contributed by atoms with Gasteiger partial charge >= 0.3 is 0 Å². The molecule has 3 heterocycles. The molecule has 1 aliphatic rings. The quantitative estimate of drug-likeness (QED) is 0.735. The molecule has 0 radical (unpaired) electrons. The van der Waals surface area contributed by atoms with Gasteiger partial charge in [0.05, 0.1) is 12.7 Å². The van der Waals surface area contributed by atoms with E-state index in [0.29, 0.717) is 25.3 Å². The molecule has 0 fully saturated rings. The third kappa shape index (κ3) is 3.64. The van der Waals surface area contributed by atoms with Crippen LogP contribution in [0.1, 0.15) is 30.5 Å². The number of nitrogens with zero attached hydrogens (tertiary/aromatic N) is 6. The lowest BCUT2D eigenvalue weighted by Crippen LogP contribution is -2.49. The second kappa shape index (κ2) is 7.63. The van der Waals surface area contributed by atoms with Crippen molar-refractivity contribution in [3.8, 4) is 0 Å². The lowest BCUT2D eigenvalue weighted by molar-refractivity contribution is -0.120. The number of carbonyl (C=O) groups is 2. The molecule has 0 bridgehead atoms. The minimum absolute atomic E-state index is 0. The predicted molar refractivity (Wildman–Crippen MR) is 104 cm³/mol. The standard InChI is InChI=1S/C19H21N7O2.H2/c1-24-16-9-10-21-26(16)11-5-8-15(19(24)28)22-18(27)17-20-13-25(23-17)12-14-6-3-2-4-7-14;/h2-4,6-7,9-10,13,15H,5,8,11-12H2,1H3,(H,22,27);1H. The van der Waals surface area contributed by atoms with E-state index in [-0.39, 0.29) is 13.2 Å². The van der Waals surface area contributed by atoms with E-state index in [9.17, 15) is 9.59 Å². The summed E-state index contributed by atoms with van der Waals surface area (Å²) in [7, 11) is 1.69. The lowest BCUT2D eigenvalue weighted by Gasteiger charge is -2.27. The van der Waals surface area contributed by atoms with Crippen molar-refractivity contribution < 1.29 is 11.0 Å². The number of hydrogen-bond donors (Lipinski definition) is 1. The van der Waals surface area contributed by atoms with Crippen molar-refractivity contribution in [1.82, 2.24) is 29.9 Å². The number of hydrogen-bond acceptors (Lipinski definition) is 5. The Labute approximate surface area is 163 Å². The van der Waals surface area contributed by atoms with Gasteiger partial charge in [-0.3, -0.25) is 14.5 Å². The summed E-state index contributed by atoms with van der Waals surface area (Å²) < 4.78 is 3.40. The monoisotopic (exact) mass is 381 g/mol. The third-order valence-corrected chi connectivity index (χ3v) is 4.76. The molecule has 4 rings (SSSR count). The van der Waals surface area contributed by atoms with Gasteiger partial charge in [-0.2, -0.15) is 5.10 Å². The first-order valence-electron chi connectivity index (χ1n) is 9.15. The first kappa shape index (κ1) is 17.9. The molecule has 9 heteroatoms. The van der Waals surface area contributed by atoms with Crippen molar-refractivity contribution >= 4 is 17.6 Å². The molecular weight excluding hydrogens is 358 g/mol. The highest BCUT2D eigenvalue weighted by Crippen LogP contribution is 2.18. The molecule has 3 aromatic rings. The fourth-order valence-corrected chi connectivity index (χ4v) is 3.30. The Bertz CT molecular complexity index is 985. The van der Waals surface area contributed by atoms with E-state index in [0.717, 1.165) is 12.0 Å². The summed E-state index contributed by atoms with van der Waals surface area (Å²) in [4.78, 5) is 31.0. The molecule has 0 spiro atoms. The van der Waals surface area contributed by atoms with Crippen LogP contribution in [-0.2, 0) is 17.9 Å². The van der Waals surface area contributed by atoms with Gasteiger partial charge in [0.1, 0.15) is 18.2 Å². The number of nitrogens with one attached hydrogen (secondary N) is 1. The van der Waals surface area contributed by atoms with E-state index in [1.54, 1.807) is 28.7 Å². The van der Waals surface area contributed by atoms with Gasteiger partial charge in [0, 0.05) is 21.1 Å². The lowest BCUT2D eigenvalue weighted by atomic mass is 10.1. The molecule has 146 valence electrons. The molecule has 0 saturated heterocycles. The maximum atomic E-state index is 12.8. The first-order valence-corrected chi connectivity index (χ1v) is 9.15. The zero-order chi connectivity index (χ0) is 19.5. The summed E-state index contributed by atoms with van der Waals surface area (Å²) in [5, 5.41) is 11.3. The summed E-state index contributed by atoms with van der Waals surface area (Å²) >= 11 is 0. The largest absolute Gasteiger partial charge is 0.337 e. The number of aromatic nitrogens is 5. The van der Waals surface area contributed by atoms with E-state index in [4.69, 9.17) is 0 Å². The van der Waals surface area contributed by atoms with Crippen LogP contribution in [0.3, 0.4) is 0 Å². The smallest absolute Gasteiger partial charge is 0.291 e. The number of benzene rings is 1. The van der Waals surface area contributed by atoms with E-state index in [1.807, 2.05) is 30.3 Å². The van der Waals surface area contributed by atoms with E-state index < -0.39 is 11.9 Å². The Hall–Kier alpha value is -3.49. The van der Waals surface area contributed by atoms with E-state index in [1.165, 1.54) is 11.2 Å². The second-order valence-electron chi connectivity index (χ2n) is 6.73. The summed E-state index contributed by atoms with van der Waals surface area (Å²) in [5.41, 5.74) is 1.06. The number of fused-ring (bicyclic) bond motifs is 1. The van der Waals surface area contributed by atoms with Gasteiger partial charge in [0.25, 0.3) is 5.91 Å². The van der Waals surface area contributed by atoms with Crippen LogP contribution in [0.15, 0.2) is 48.9 Å². The molecule has 2 amide bonds. The van der Waals surface area contributed by atoms with Crippen molar-refractivity contribution in [2.75, 3.05) is 11.9 Å². The van der Waals surface area contributed by atoms with E-state index in [2.05, 4.69) is 20.5 Å². The van der Waals surface area contributed by atoms with Crippen LogP contribution in [0.4, 0.5) is 5.82 Å². The molecule has 9 nitrogen and oxygen atoms in total. The molecule has 0 aliphatic carbocycles. The summed E-state index contributed by atoms with van der Waals surface area (Å²) in [6.45, 7) is 1.21. The van der Waals surface area contributed by atoms with Gasteiger partial charge in [-0.15, -0.1) is 5.10 Å². The average molecular weight is 381 g/mol. The van der Waals surface area contributed by atoms with Crippen LogP contribution in [0.5, 0.6) is 0 Å². The number of amides is 2. The number of aryl methyl sites for hydroxylation is 1. The molecule has 2 aromatic heterocycles. The van der Waals surface area contributed by atoms with Crippen LogP contribution in [0, 0.1) is 0 Å². The number of carbonyl (C=O) groups excluding carboxylic acids is 2. The fraction of sp³-hybridized carbons (Fsp3) is 0.316. The summed E-state index contributed by atoms with van der Waals surface area (Å²) in [5.74, 6) is 0.138. The van der Waals surface area contributed by atoms with Crippen LogP contribution in [-0.4, -0.2) is 49.4 Å². The molecule has 1 aliphatic heterocycles. The Morgan fingerprint density at radius 1 is 1.29 bits per heavy atom. The van der Waals surface area contributed by atoms with Crippen LogP contribution in [0.2, 0.25) is 0 Å². The highest BCUT2D eigenvalue weighted by molar-refractivity contribution is 6.00. The van der Waals surface area contributed by atoms with Crippen LogP contribution in [0.25, 0.3) is 0 Å². The molecule has 28 heavy (non-hydrogen) atoms. The maximum Gasteiger partial charge on any atom is 0.291 e. The third-order valence-electron chi connectivity index (χ3n) is 4.76. The molecule has 0 saturated carbocycles. The van der Waals surface area contributed by atoms with Crippen molar-refractivity contribution in [3.63, 3.8) is 0 Å². The van der Waals surface area contributed by atoms with Gasteiger partial charge < -0.3 is 5.32 Å². The van der Waals surface area contributed by atoms with Gasteiger partial charge in [0.15, 0.2) is 0 Å². The van der Waals surface area contributed by atoms with Crippen molar-refractivity contribution in [3.05, 3.63) is 60.3 Å². The molecule has 1 unspecified atom stereocenters. The zero-order valence-corrected chi connectivity index (χ0v) is 15.5. The van der Waals surface area contributed by atoms with Crippen LogP contribution >= 0.6 is 0 Å². The van der Waals surface area contributed by atoms with Crippen molar-refractivity contribution in [2.24, 2.45) is 0 Å². The number of likely N-dealkylation sites (N-methyl/N-ethyl adjacent to an activating group) is 1. The van der Waals surface area contributed by atoms with Crippen LogP contribution < -0.4 is 10.2 Å². The second-order valence-corrected chi connectivity index (χ2v) is 6.73. The normalized spacial score (nSPS) is 17.0. The Morgan fingerprint density at radius 3 is 2.93 bits per heavy atom.